The quantitative estimate of drug-likeness (QED) is 0.839. The Labute approximate surface area is 110 Å². The summed E-state index contributed by atoms with van der Waals surface area (Å²) in [5.41, 5.74) is 1.37. The zero-order chi connectivity index (χ0) is 13.8. The Hall–Kier alpha value is -2.11. The van der Waals surface area contributed by atoms with Crippen molar-refractivity contribution in [3.8, 4) is 0 Å². The first-order chi connectivity index (χ1) is 9.11. The molecule has 0 aliphatic carbocycles. The fourth-order valence-corrected chi connectivity index (χ4v) is 2.25. The van der Waals surface area contributed by atoms with E-state index >= 15 is 0 Å². The van der Waals surface area contributed by atoms with Gasteiger partial charge in [-0.05, 0) is 24.5 Å². The standard InChI is InChI=1S/C13H16FN3O2/c1-15-13(19)16-11(18)8-17-7-3-5-9-4-2-6-10(14)12(9)17/h2,4,6H,3,5,7-8H2,1H3,(H2,15,16,18,19). The van der Waals surface area contributed by atoms with E-state index in [1.165, 1.54) is 13.1 Å². The van der Waals surface area contributed by atoms with Crippen molar-refractivity contribution in [2.45, 2.75) is 12.8 Å². The molecule has 1 aromatic rings. The van der Waals surface area contributed by atoms with Crippen LogP contribution in [-0.4, -0.2) is 32.1 Å². The summed E-state index contributed by atoms with van der Waals surface area (Å²) in [4.78, 5) is 24.4. The maximum atomic E-state index is 13.8. The predicted octanol–water partition coefficient (Wildman–Crippen LogP) is 1.03. The maximum absolute atomic E-state index is 13.8. The largest absolute Gasteiger partial charge is 0.360 e. The Morgan fingerprint density at radius 2 is 2.21 bits per heavy atom. The molecule has 0 radical (unpaired) electrons. The van der Waals surface area contributed by atoms with Gasteiger partial charge in [0.25, 0.3) is 0 Å². The third-order valence-corrected chi connectivity index (χ3v) is 3.08. The van der Waals surface area contributed by atoms with Gasteiger partial charge in [-0.2, -0.15) is 0 Å². The molecule has 1 aliphatic rings. The molecule has 0 bridgehead atoms. The Kier molecular flexibility index (Phi) is 3.99. The van der Waals surface area contributed by atoms with E-state index in [0.29, 0.717) is 12.2 Å². The van der Waals surface area contributed by atoms with E-state index in [1.54, 1.807) is 11.0 Å². The number of anilines is 1. The van der Waals surface area contributed by atoms with Gasteiger partial charge >= 0.3 is 6.03 Å². The van der Waals surface area contributed by atoms with E-state index in [-0.39, 0.29) is 12.4 Å². The number of imide groups is 1. The molecule has 0 atom stereocenters. The number of rotatable bonds is 2. The molecule has 0 aromatic heterocycles. The molecule has 0 spiro atoms. The number of amides is 3. The predicted molar refractivity (Wildman–Crippen MR) is 69.5 cm³/mol. The van der Waals surface area contributed by atoms with Crippen LogP contribution in [0.15, 0.2) is 18.2 Å². The Morgan fingerprint density at radius 1 is 1.42 bits per heavy atom. The number of aryl methyl sites for hydroxylation is 1. The molecule has 0 unspecified atom stereocenters. The number of carbonyl (C=O) groups excluding carboxylic acids is 2. The average Bonchev–Trinajstić information content (AvgIpc) is 2.38. The highest BCUT2D eigenvalue weighted by Gasteiger charge is 2.22. The lowest BCUT2D eigenvalue weighted by molar-refractivity contribution is -0.118. The number of halogens is 1. The fourth-order valence-electron chi connectivity index (χ4n) is 2.25. The van der Waals surface area contributed by atoms with Crippen LogP contribution in [0, 0.1) is 5.82 Å². The number of nitrogens with one attached hydrogen (secondary N) is 2. The van der Waals surface area contributed by atoms with Crippen molar-refractivity contribution >= 4 is 17.6 Å². The molecule has 0 saturated heterocycles. The lowest BCUT2D eigenvalue weighted by Crippen LogP contribution is -2.45. The van der Waals surface area contributed by atoms with Crippen LogP contribution < -0.4 is 15.5 Å². The molecule has 0 fully saturated rings. The van der Waals surface area contributed by atoms with Crippen LogP contribution in [0.4, 0.5) is 14.9 Å². The van der Waals surface area contributed by atoms with Gasteiger partial charge in [-0.3, -0.25) is 10.1 Å². The summed E-state index contributed by atoms with van der Waals surface area (Å²) in [7, 11) is 1.43. The van der Waals surface area contributed by atoms with Gasteiger partial charge in [0.2, 0.25) is 5.91 Å². The summed E-state index contributed by atoms with van der Waals surface area (Å²) in [6, 6.07) is 4.35. The zero-order valence-electron chi connectivity index (χ0n) is 10.7. The van der Waals surface area contributed by atoms with Crippen molar-refractivity contribution in [2.75, 3.05) is 25.0 Å². The molecule has 5 nitrogen and oxygen atoms in total. The van der Waals surface area contributed by atoms with Gasteiger partial charge in [0.1, 0.15) is 5.82 Å². The third kappa shape index (κ3) is 3.01. The minimum atomic E-state index is -0.559. The molecule has 102 valence electrons. The smallest absolute Gasteiger partial charge is 0.321 e. The van der Waals surface area contributed by atoms with Crippen LogP contribution in [0.1, 0.15) is 12.0 Å². The highest BCUT2D eigenvalue weighted by molar-refractivity contribution is 5.96. The Morgan fingerprint density at radius 3 is 2.95 bits per heavy atom. The lowest BCUT2D eigenvalue weighted by atomic mass is 10.0. The first-order valence-electron chi connectivity index (χ1n) is 6.15. The van der Waals surface area contributed by atoms with Crippen molar-refractivity contribution in [3.05, 3.63) is 29.6 Å². The van der Waals surface area contributed by atoms with Crippen molar-refractivity contribution in [1.29, 1.82) is 0 Å². The van der Waals surface area contributed by atoms with E-state index in [4.69, 9.17) is 0 Å². The van der Waals surface area contributed by atoms with Gasteiger partial charge < -0.3 is 10.2 Å². The molecule has 2 N–H and O–H groups in total. The molecular weight excluding hydrogens is 249 g/mol. The summed E-state index contributed by atoms with van der Waals surface area (Å²) in [5, 5.41) is 4.47. The molecule has 3 amide bonds. The van der Waals surface area contributed by atoms with Crippen molar-refractivity contribution < 1.29 is 14.0 Å². The number of para-hydroxylation sites is 1. The summed E-state index contributed by atoms with van der Waals surface area (Å²) >= 11 is 0. The topological polar surface area (TPSA) is 61.4 Å². The molecule has 0 saturated carbocycles. The number of fused-ring (bicyclic) bond motifs is 1. The third-order valence-electron chi connectivity index (χ3n) is 3.08. The lowest BCUT2D eigenvalue weighted by Gasteiger charge is -2.30. The van der Waals surface area contributed by atoms with Gasteiger partial charge in [-0.25, -0.2) is 9.18 Å². The van der Waals surface area contributed by atoms with Gasteiger partial charge in [-0.1, -0.05) is 12.1 Å². The second kappa shape index (κ2) is 5.69. The van der Waals surface area contributed by atoms with E-state index < -0.39 is 11.9 Å². The van der Waals surface area contributed by atoms with Crippen LogP contribution >= 0.6 is 0 Å². The Balaban J connectivity index is 2.11. The highest BCUT2D eigenvalue weighted by atomic mass is 19.1. The fraction of sp³-hybridized carbons (Fsp3) is 0.385. The van der Waals surface area contributed by atoms with E-state index in [9.17, 15) is 14.0 Å². The first-order valence-corrected chi connectivity index (χ1v) is 6.15. The molecular formula is C13H16FN3O2. The average molecular weight is 265 g/mol. The number of nitrogens with zero attached hydrogens (tertiary/aromatic N) is 1. The second-order valence-electron chi connectivity index (χ2n) is 4.40. The van der Waals surface area contributed by atoms with Gasteiger partial charge in [0.15, 0.2) is 0 Å². The SMILES string of the molecule is CNC(=O)NC(=O)CN1CCCc2cccc(F)c21. The number of hydrogen-bond donors (Lipinski definition) is 2. The van der Waals surface area contributed by atoms with Crippen LogP contribution in [0.3, 0.4) is 0 Å². The summed E-state index contributed by atoms with van der Waals surface area (Å²) in [6.45, 7) is 0.580. The van der Waals surface area contributed by atoms with Crippen LogP contribution in [-0.2, 0) is 11.2 Å². The molecule has 2 rings (SSSR count). The number of urea groups is 1. The van der Waals surface area contributed by atoms with Crippen molar-refractivity contribution in [1.82, 2.24) is 10.6 Å². The van der Waals surface area contributed by atoms with Gasteiger partial charge in [0.05, 0.1) is 12.2 Å². The second-order valence-corrected chi connectivity index (χ2v) is 4.40. The van der Waals surface area contributed by atoms with E-state index in [1.807, 2.05) is 6.07 Å². The normalized spacial score (nSPS) is 13.7. The minimum absolute atomic E-state index is 0.0264. The minimum Gasteiger partial charge on any atom is -0.360 e. The summed E-state index contributed by atoms with van der Waals surface area (Å²) in [6.07, 6.45) is 1.67. The van der Waals surface area contributed by atoms with Gasteiger partial charge in [-0.15, -0.1) is 0 Å². The van der Waals surface area contributed by atoms with Gasteiger partial charge in [0, 0.05) is 13.6 Å². The monoisotopic (exact) mass is 265 g/mol. The van der Waals surface area contributed by atoms with Crippen LogP contribution in [0.2, 0.25) is 0 Å². The zero-order valence-corrected chi connectivity index (χ0v) is 10.7. The number of carbonyl (C=O) groups is 2. The van der Waals surface area contributed by atoms with Crippen molar-refractivity contribution in [2.24, 2.45) is 0 Å². The first kappa shape index (κ1) is 13.3. The Bertz CT molecular complexity index is 505. The number of hydrogen-bond acceptors (Lipinski definition) is 3. The van der Waals surface area contributed by atoms with Crippen LogP contribution in [0.5, 0.6) is 0 Å². The number of benzene rings is 1. The molecule has 19 heavy (non-hydrogen) atoms. The van der Waals surface area contributed by atoms with E-state index in [0.717, 1.165) is 18.4 Å². The highest BCUT2D eigenvalue weighted by Crippen LogP contribution is 2.29. The molecule has 1 aromatic carbocycles. The van der Waals surface area contributed by atoms with Crippen molar-refractivity contribution in [3.63, 3.8) is 0 Å². The summed E-state index contributed by atoms with van der Waals surface area (Å²) in [5.74, 6) is -0.777. The van der Waals surface area contributed by atoms with E-state index in [2.05, 4.69) is 10.6 Å². The molecule has 6 heteroatoms. The van der Waals surface area contributed by atoms with Crippen LogP contribution in [0.25, 0.3) is 0 Å². The molecule has 1 aliphatic heterocycles. The molecule has 1 heterocycles. The maximum Gasteiger partial charge on any atom is 0.321 e. The summed E-state index contributed by atoms with van der Waals surface area (Å²) < 4.78 is 13.8.